The van der Waals surface area contributed by atoms with E-state index >= 15 is 0 Å². The Morgan fingerprint density at radius 3 is 2.74 bits per heavy atom. The minimum atomic E-state index is -0.749. The number of rotatable bonds is 3. The normalized spacial score (nSPS) is 27.3. The number of thiophene rings is 1. The highest BCUT2D eigenvalue weighted by Gasteiger charge is 2.32. The van der Waals surface area contributed by atoms with Gasteiger partial charge in [-0.25, -0.2) is 0 Å². The van der Waals surface area contributed by atoms with Crippen LogP contribution in [-0.4, -0.2) is 23.2 Å². The summed E-state index contributed by atoms with van der Waals surface area (Å²) >= 11 is 7.41. The first-order chi connectivity index (χ1) is 8.91. The molecule has 3 nitrogen and oxygen atoms in total. The zero-order valence-corrected chi connectivity index (χ0v) is 12.9. The number of hydrogen-bond acceptors (Lipinski definition) is 3. The van der Waals surface area contributed by atoms with Gasteiger partial charge >= 0.3 is 0 Å². The molecule has 19 heavy (non-hydrogen) atoms. The van der Waals surface area contributed by atoms with Crippen molar-refractivity contribution in [3.63, 3.8) is 0 Å². The van der Waals surface area contributed by atoms with Crippen molar-refractivity contribution in [1.29, 1.82) is 0 Å². The maximum Gasteiger partial charge on any atom is 0.262 e. The topological polar surface area (TPSA) is 49.3 Å². The van der Waals surface area contributed by atoms with E-state index in [2.05, 4.69) is 12.2 Å². The number of carbonyl (C=O) groups excluding carboxylic acids is 1. The van der Waals surface area contributed by atoms with Gasteiger partial charge in [0.1, 0.15) is 4.88 Å². The summed E-state index contributed by atoms with van der Waals surface area (Å²) < 4.78 is 0. The molecule has 1 fully saturated rings. The Kier molecular flexibility index (Phi) is 4.54. The molecule has 1 aliphatic rings. The number of carbonyl (C=O) groups is 1. The van der Waals surface area contributed by atoms with Crippen LogP contribution in [0.2, 0.25) is 5.02 Å². The number of hydrogen-bond donors (Lipinski definition) is 2. The second-order valence-electron chi connectivity index (χ2n) is 5.65. The summed E-state index contributed by atoms with van der Waals surface area (Å²) in [6, 6.07) is 0. The van der Waals surface area contributed by atoms with E-state index in [4.69, 9.17) is 11.6 Å². The third kappa shape index (κ3) is 3.50. The van der Waals surface area contributed by atoms with Crippen LogP contribution in [0.25, 0.3) is 0 Å². The molecule has 106 valence electrons. The molecule has 0 radical (unpaired) electrons. The maximum absolute atomic E-state index is 12.0. The van der Waals surface area contributed by atoms with Gasteiger partial charge in [-0.15, -0.1) is 11.3 Å². The van der Waals surface area contributed by atoms with Crippen molar-refractivity contribution in [2.24, 2.45) is 5.92 Å². The summed E-state index contributed by atoms with van der Waals surface area (Å²) in [6.07, 6.45) is 3.55. The van der Waals surface area contributed by atoms with Crippen molar-refractivity contribution >= 4 is 28.8 Å². The first-order valence-corrected chi connectivity index (χ1v) is 7.91. The van der Waals surface area contributed by atoms with Gasteiger partial charge in [-0.05, 0) is 49.5 Å². The molecule has 0 aromatic carbocycles. The van der Waals surface area contributed by atoms with Crippen LogP contribution in [0.3, 0.4) is 0 Å². The molecule has 2 N–H and O–H groups in total. The van der Waals surface area contributed by atoms with Crippen molar-refractivity contribution in [3.8, 4) is 0 Å². The molecule has 1 saturated carbocycles. The molecule has 5 heteroatoms. The van der Waals surface area contributed by atoms with Gasteiger partial charge in [0.2, 0.25) is 0 Å². The molecule has 0 atom stereocenters. The molecule has 1 heterocycles. The predicted octanol–water partition coefficient (Wildman–Crippen LogP) is 3.38. The van der Waals surface area contributed by atoms with Crippen LogP contribution in [0.5, 0.6) is 0 Å². The Balaban J connectivity index is 1.92. The van der Waals surface area contributed by atoms with Crippen molar-refractivity contribution in [3.05, 3.63) is 20.8 Å². The van der Waals surface area contributed by atoms with Crippen molar-refractivity contribution < 1.29 is 9.90 Å². The van der Waals surface area contributed by atoms with Crippen LogP contribution in [0.4, 0.5) is 0 Å². The third-order valence-corrected chi connectivity index (χ3v) is 5.58. The van der Waals surface area contributed by atoms with Crippen LogP contribution in [0, 0.1) is 12.8 Å². The lowest BCUT2D eigenvalue weighted by Gasteiger charge is -2.34. The average molecular weight is 302 g/mol. The predicted molar refractivity (Wildman–Crippen MR) is 79.0 cm³/mol. The Morgan fingerprint density at radius 2 is 2.21 bits per heavy atom. The molecular formula is C14H20ClNO2S. The van der Waals surface area contributed by atoms with Crippen LogP contribution < -0.4 is 5.32 Å². The summed E-state index contributed by atoms with van der Waals surface area (Å²) in [5.41, 5.74) is 0.169. The monoisotopic (exact) mass is 301 g/mol. The second-order valence-corrected chi connectivity index (χ2v) is 6.91. The highest BCUT2D eigenvalue weighted by molar-refractivity contribution is 7.13. The average Bonchev–Trinajstić information content (AvgIpc) is 2.72. The Labute approximate surface area is 123 Å². The fourth-order valence-corrected chi connectivity index (χ4v) is 3.58. The molecule has 0 saturated heterocycles. The first kappa shape index (κ1) is 14.8. The maximum atomic E-state index is 12.0. The van der Waals surface area contributed by atoms with Crippen molar-refractivity contribution in [1.82, 2.24) is 5.32 Å². The fourth-order valence-electron chi connectivity index (χ4n) is 2.38. The highest BCUT2D eigenvalue weighted by atomic mass is 35.5. The molecule has 1 aromatic rings. The number of halogens is 1. The molecule has 0 bridgehead atoms. The number of amides is 1. The highest BCUT2D eigenvalue weighted by Crippen LogP contribution is 2.32. The standard InChI is InChI=1S/C14H20ClNO2S/c1-9-3-5-14(18,6-4-9)8-16-13(17)12-11(15)10(2)7-19-12/h7,9,18H,3-6,8H2,1-2H3,(H,16,17). The summed E-state index contributed by atoms with van der Waals surface area (Å²) in [5, 5.41) is 15.6. The molecular weight excluding hydrogens is 282 g/mol. The minimum absolute atomic E-state index is 0.185. The van der Waals surface area contributed by atoms with E-state index in [1.165, 1.54) is 11.3 Å². The summed E-state index contributed by atoms with van der Waals surface area (Å²) in [5.74, 6) is 0.487. The van der Waals surface area contributed by atoms with Crippen LogP contribution >= 0.6 is 22.9 Å². The minimum Gasteiger partial charge on any atom is -0.388 e. The SMILES string of the molecule is Cc1csc(C(=O)NCC2(O)CCC(C)CC2)c1Cl. The van der Waals surface area contributed by atoms with E-state index in [0.717, 1.165) is 31.2 Å². The first-order valence-electron chi connectivity index (χ1n) is 6.65. The van der Waals surface area contributed by atoms with E-state index in [-0.39, 0.29) is 5.91 Å². The van der Waals surface area contributed by atoms with E-state index in [1.807, 2.05) is 12.3 Å². The van der Waals surface area contributed by atoms with E-state index in [1.54, 1.807) is 0 Å². The summed E-state index contributed by atoms with van der Waals surface area (Å²) in [7, 11) is 0. The number of nitrogens with one attached hydrogen (secondary N) is 1. The van der Waals surface area contributed by atoms with Gasteiger partial charge in [-0.2, -0.15) is 0 Å². The smallest absolute Gasteiger partial charge is 0.262 e. The zero-order valence-electron chi connectivity index (χ0n) is 11.3. The van der Waals surface area contributed by atoms with Gasteiger partial charge in [0.05, 0.1) is 10.6 Å². The lowest BCUT2D eigenvalue weighted by atomic mass is 9.79. The van der Waals surface area contributed by atoms with Crippen LogP contribution in [0.1, 0.15) is 47.8 Å². The lowest BCUT2D eigenvalue weighted by molar-refractivity contribution is -0.00536. The molecule has 0 aliphatic heterocycles. The van der Waals surface area contributed by atoms with Crippen LogP contribution in [0.15, 0.2) is 5.38 Å². The lowest BCUT2D eigenvalue weighted by Crippen LogP contribution is -2.45. The molecule has 0 unspecified atom stereocenters. The van der Waals surface area contributed by atoms with Crippen molar-refractivity contribution in [2.45, 2.75) is 45.1 Å². The van der Waals surface area contributed by atoms with Crippen molar-refractivity contribution in [2.75, 3.05) is 6.54 Å². The third-order valence-electron chi connectivity index (χ3n) is 3.89. The Hall–Kier alpha value is -0.580. The number of aliphatic hydroxyl groups is 1. The van der Waals surface area contributed by atoms with E-state index in [9.17, 15) is 9.90 Å². The largest absolute Gasteiger partial charge is 0.388 e. The molecule has 1 amide bonds. The Bertz CT molecular complexity index is 464. The van der Waals surface area contributed by atoms with Gasteiger partial charge in [0.25, 0.3) is 5.91 Å². The van der Waals surface area contributed by atoms with Gasteiger partial charge in [-0.3, -0.25) is 4.79 Å². The molecule has 2 rings (SSSR count). The number of aryl methyl sites for hydroxylation is 1. The zero-order chi connectivity index (χ0) is 14.0. The Morgan fingerprint density at radius 1 is 1.58 bits per heavy atom. The van der Waals surface area contributed by atoms with Crippen LogP contribution in [-0.2, 0) is 0 Å². The molecule has 0 spiro atoms. The van der Waals surface area contributed by atoms with Gasteiger partial charge in [0, 0.05) is 6.54 Å². The van der Waals surface area contributed by atoms with E-state index in [0.29, 0.717) is 22.4 Å². The van der Waals surface area contributed by atoms with E-state index < -0.39 is 5.60 Å². The molecule has 1 aromatic heterocycles. The summed E-state index contributed by atoms with van der Waals surface area (Å²) in [4.78, 5) is 12.6. The van der Waals surface area contributed by atoms with Gasteiger partial charge in [0.15, 0.2) is 0 Å². The quantitative estimate of drug-likeness (QED) is 0.899. The summed E-state index contributed by atoms with van der Waals surface area (Å²) in [6.45, 7) is 4.39. The molecule has 1 aliphatic carbocycles. The van der Waals surface area contributed by atoms with Gasteiger partial charge in [-0.1, -0.05) is 18.5 Å². The second kappa shape index (κ2) is 5.81. The fraction of sp³-hybridized carbons (Fsp3) is 0.643. The van der Waals surface area contributed by atoms with Gasteiger partial charge < -0.3 is 10.4 Å².